The number of nitrogens with zero attached hydrogens (tertiary/aromatic N) is 3. The second-order valence-electron chi connectivity index (χ2n) is 8.29. The summed E-state index contributed by atoms with van der Waals surface area (Å²) in [4.78, 5) is 26.6. The molecule has 2 aromatic carbocycles. The average Bonchev–Trinajstić information content (AvgIpc) is 3.21. The molecule has 0 aliphatic carbocycles. The summed E-state index contributed by atoms with van der Waals surface area (Å²) in [7, 11) is 4.08. The van der Waals surface area contributed by atoms with Crippen molar-refractivity contribution in [1.82, 2.24) is 14.5 Å². The molecule has 212 valence electrons. The van der Waals surface area contributed by atoms with Crippen LogP contribution in [-0.4, -0.2) is 49.1 Å². The largest absolute Gasteiger partial charge is 0.420 e. The normalized spacial score (nSPS) is 12.9. The Morgan fingerprint density at radius 3 is 2.23 bits per heavy atom. The number of rotatable bonds is 8. The first kappa shape index (κ1) is 29.7. The number of carbonyl (C=O) groups is 1. The Kier molecular flexibility index (Phi) is 8.75. The Morgan fingerprint density at radius 1 is 1.05 bits per heavy atom. The summed E-state index contributed by atoms with van der Waals surface area (Å²) in [6.45, 7) is 0.200. The van der Waals surface area contributed by atoms with Crippen LogP contribution in [-0.2, 0) is 23.6 Å². The number of alkyl halides is 6. The topological polar surface area (TPSA) is 77.7 Å². The predicted molar refractivity (Wildman–Crippen MR) is 126 cm³/mol. The zero-order valence-electron chi connectivity index (χ0n) is 20.7. The van der Waals surface area contributed by atoms with Crippen LogP contribution < -0.4 is 20.6 Å². The van der Waals surface area contributed by atoms with Gasteiger partial charge in [0.15, 0.2) is 5.75 Å². The van der Waals surface area contributed by atoms with Crippen LogP contribution in [0.5, 0.6) is 5.75 Å². The molecule has 8 nitrogen and oxygen atoms in total. The maximum atomic E-state index is 14.0. The van der Waals surface area contributed by atoms with E-state index in [1.807, 2.05) is 0 Å². The molecule has 1 unspecified atom stereocenters. The molecule has 0 radical (unpaired) electrons. The third-order valence-corrected chi connectivity index (χ3v) is 5.65. The fourth-order valence-electron chi connectivity index (χ4n) is 3.60. The molecule has 3 rings (SSSR count). The van der Waals surface area contributed by atoms with E-state index in [0.29, 0.717) is 4.57 Å². The van der Waals surface area contributed by atoms with Gasteiger partial charge in [-0.25, -0.2) is 14.0 Å². The van der Waals surface area contributed by atoms with Gasteiger partial charge in [-0.15, -0.1) is 0 Å². The molecule has 0 aliphatic rings. The maximum Gasteiger partial charge on any atom is 0.420 e. The standard InChI is InChI=1S/C24H23F7N4O4/c1-32-12-17(38-3)13-34-8-9-35(21(34)36)19-11-14(23(26,27)28)10-18(24(29,30)31)20(19)39-22(37)33(2)16-6-4-15(25)5-7-16/h4-11,17,32H,12-13H2,1-3H3. The number of hydrogen-bond acceptors (Lipinski definition) is 5. The van der Waals surface area contributed by atoms with Gasteiger partial charge in [0.05, 0.1) is 23.9 Å². The number of carbonyl (C=O) groups excluding carboxylic acids is 1. The van der Waals surface area contributed by atoms with E-state index >= 15 is 0 Å². The van der Waals surface area contributed by atoms with E-state index in [2.05, 4.69) is 5.32 Å². The van der Waals surface area contributed by atoms with Crippen LogP contribution in [0.1, 0.15) is 11.1 Å². The van der Waals surface area contributed by atoms with Gasteiger partial charge in [0.2, 0.25) is 0 Å². The molecule has 0 spiro atoms. The Bertz CT molecular complexity index is 1360. The van der Waals surface area contributed by atoms with Crippen molar-refractivity contribution in [1.29, 1.82) is 0 Å². The predicted octanol–water partition coefficient (Wildman–Crippen LogP) is 4.69. The van der Waals surface area contributed by atoms with Crippen molar-refractivity contribution in [3.63, 3.8) is 0 Å². The minimum absolute atomic E-state index is 0.0156. The number of halogens is 7. The van der Waals surface area contributed by atoms with Crippen molar-refractivity contribution in [2.24, 2.45) is 0 Å². The van der Waals surface area contributed by atoms with E-state index < -0.39 is 58.6 Å². The summed E-state index contributed by atoms with van der Waals surface area (Å²) < 4.78 is 108. The molecule has 1 aromatic heterocycles. The number of ether oxygens (including phenoxy) is 2. The lowest BCUT2D eigenvalue weighted by molar-refractivity contribution is -0.143. The van der Waals surface area contributed by atoms with Crippen molar-refractivity contribution in [2.45, 2.75) is 25.0 Å². The number of anilines is 1. The van der Waals surface area contributed by atoms with Gasteiger partial charge in [-0.1, -0.05) is 0 Å². The summed E-state index contributed by atoms with van der Waals surface area (Å²) >= 11 is 0. The molecule has 1 atom stereocenters. The zero-order valence-corrected chi connectivity index (χ0v) is 20.7. The smallest absolute Gasteiger partial charge is 0.407 e. The second kappa shape index (κ2) is 11.5. The number of imidazole rings is 1. The molecule has 0 bridgehead atoms. The summed E-state index contributed by atoms with van der Waals surface area (Å²) in [5, 5.41) is 2.82. The van der Waals surface area contributed by atoms with E-state index in [1.54, 1.807) is 7.05 Å². The van der Waals surface area contributed by atoms with Crippen molar-refractivity contribution in [3.05, 3.63) is 76.2 Å². The summed E-state index contributed by atoms with van der Waals surface area (Å²) in [5.74, 6) is -1.98. The van der Waals surface area contributed by atoms with Crippen LogP contribution in [0.4, 0.5) is 41.2 Å². The minimum atomic E-state index is -5.42. The van der Waals surface area contributed by atoms with Crippen LogP contribution in [0.2, 0.25) is 0 Å². The van der Waals surface area contributed by atoms with Crippen LogP contribution in [0.3, 0.4) is 0 Å². The molecule has 39 heavy (non-hydrogen) atoms. The first-order valence-electron chi connectivity index (χ1n) is 11.2. The number of methoxy groups -OCH3 is 1. The van der Waals surface area contributed by atoms with Crippen LogP contribution in [0.15, 0.2) is 53.6 Å². The number of likely N-dealkylation sites (N-methyl/N-ethyl adjacent to an activating group) is 1. The van der Waals surface area contributed by atoms with Crippen LogP contribution in [0.25, 0.3) is 5.69 Å². The SMILES string of the molecule is CNCC(Cn1ccn(-c2cc(C(F)(F)F)cc(C(F)(F)F)c2OC(=O)N(C)c2ccc(F)cc2)c1=O)OC. The maximum absolute atomic E-state index is 14.0. The highest BCUT2D eigenvalue weighted by atomic mass is 19.4. The molecule has 1 N–H and O–H groups in total. The number of nitrogens with one attached hydrogen (secondary N) is 1. The molecule has 0 saturated heterocycles. The van der Waals surface area contributed by atoms with Crippen LogP contribution >= 0.6 is 0 Å². The average molecular weight is 564 g/mol. The number of hydrogen-bond donors (Lipinski definition) is 1. The summed E-state index contributed by atoms with van der Waals surface area (Å²) in [6.07, 6.45) is -10.5. The number of amides is 1. The molecule has 0 fully saturated rings. The summed E-state index contributed by atoms with van der Waals surface area (Å²) in [5.41, 5.74) is -5.62. The van der Waals surface area contributed by atoms with Gasteiger partial charge in [-0.3, -0.25) is 14.0 Å². The van der Waals surface area contributed by atoms with Gasteiger partial charge >= 0.3 is 24.1 Å². The van der Waals surface area contributed by atoms with E-state index in [4.69, 9.17) is 9.47 Å². The fourth-order valence-corrected chi connectivity index (χ4v) is 3.60. The van der Waals surface area contributed by atoms with Crippen molar-refractivity contribution >= 4 is 11.8 Å². The van der Waals surface area contributed by atoms with Crippen molar-refractivity contribution in [3.8, 4) is 11.4 Å². The monoisotopic (exact) mass is 564 g/mol. The van der Waals surface area contributed by atoms with Gasteiger partial charge in [-0.05, 0) is 43.4 Å². The fraction of sp³-hybridized carbons (Fsp3) is 0.333. The molecular formula is C24H23F7N4O4. The second-order valence-corrected chi connectivity index (χ2v) is 8.29. The lowest BCUT2D eigenvalue weighted by Crippen LogP contribution is -2.34. The molecule has 3 aromatic rings. The molecule has 1 amide bonds. The van der Waals surface area contributed by atoms with Crippen molar-refractivity contribution < 1.29 is 45.0 Å². The van der Waals surface area contributed by atoms with E-state index in [-0.39, 0.29) is 30.9 Å². The van der Waals surface area contributed by atoms with E-state index in [9.17, 15) is 40.3 Å². The zero-order chi connectivity index (χ0) is 29.1. The van der Waals surface area contributed by atoms with Gasteiger partial charge in [0, 0.05) is 38.8 Å². The number of aromatic nitrogens is 2. The molecule has 0 aliphatic heterocycles. The Labute approximate surface area is 217 Å². The summed E-state index contributed by atoms with van der Waals surface area (Å²) in [6, 6.07) is 4.30. The molecular weight excluding hydrogens is 541 g/mol. The molecule has 15 heteroatoms. The number of benzene rings is 2. The highest BCUT2D eigenvalue weighted by Crippen LogP contribution is 2.44. The highest BCUT2D eigenvalue weighted by molar-refractivity contribution is 5.89. The van der Waals surface area contributed by atoms with Gasteiger partial charge in [-0.2, -0.15) is 26.3 Å². The third-order valence-electron chi connectivity index (χ3n) is 5.65. The lowest BCUT2D eigenvalue weighted by atomic mass is 10.1. The highest BCUT2D eigenvalue weighted by Gasteiger charge is 2.42. The minimum Gasteiger partial charge on any atom is -0.407 e. The van der Waals surface area contributed by atoms with Gasteiger partial charge < -0.3 is 14.8 Å². The van der Waals surface area contributed by atoms with Crippen LogP contribution in [0, 0.1) is 5.82 Å². The Hall–Kier alpha value is -3.85. The van der Waals surface area contributed by atoms with E-state index in [1.165, 1.54) is 7.11 Å². The van der Waals surface area contributed by atoms with Gasteiger partial charge in [0.1, 0.15) is 11.4 Å². The first-order valence-corrected chi connectivity index (χ1v) is 11.2. The van der Waals surface area contributed by atoms with Crippen molar-refractivity contribution in [2.75, 3.05) is 32.6 Å². The molecule has 0 saturated carbocycles. The Morgan fingerprint density at radius 2 is 1.69 bits per heavy atom. The third kappa shape index (κ3) is 6.78. The molecule has 1 heterocycles. The quantitative estimate of drug-likeness (QED) is 0.402. The Balaban J connectivity index is 2.19. The lowest BCUT2D eigenvalue weighted by Gasteiger charge is -2.22. The first-order chi connectivity index (χ1) is 18.2. The van der Waals surface area contributed by atoms with E-state index in [0.717, 1.165) is 53.2 Å². The van der Waals surface area contributed by atoms with Gasteiger partial charge in [0.25, 0.3) is 0 Å².